The lowest BCUT2D eigenvalue weighted by molar-refractivity contribution is -0.384. The molecule has 1 N–H and O–H groups in total. The van der Waals surface area contributed by atoms with Gasteiger partial charge in [-0.25, -0.2) is 0 Å². The number of benzene rings is 1. The minimum atomic E-state index is -4.16. The van der Waals surface area contributed by atoms with Gasteiger partial charge in [-0.05, 0) is 12.8 Å². The first-order valence-electron chi connectivity index (χ1n) is 5.65. The number of halogens is 5. The van der Waals surface area contributed by atoms with E-state index in [9.17, 15) is 23.3 Å². The number of anilines is 1. The van der Waals surface area contributed by atoms with Gasteiger partial charge in [-0.3, -0.25) is 10.1 Å². The predicted molar refractivity (Wildman–Crippen MR) is 71.5 cm³/mol. The van der Waals surface area contributed by atoms with Crippen LogP contribution in [-0.2, 0) is 0 Å². The first kappa shape index (κ1) is 16.8. The number of nitro groups is 1. The highest BCUT2D eigenvalue weighted by molar-refractivity contribution is 6.39. The molecule has 0 atom stereocenters. The van der Waals surface area contributed by atoms with E-state index in [-0.39, 0.29) is 40.8 Å². The van der Waals surface area contributed by atoms with Crippen molar-refractivity contribution in [2.45, 2.75) is 25.4 Å². The summed E-state index contributed by atoms with van der Waals surface area (Å²) in [6, 6.07) is 2.26. The molecular weight excluding hydrogens is 320 g/mol. The molecule has 0 spiro atoms. The van der Waals surface area contributed by atoms with Gasteiger partial charge in [-0.15, -0.1) is 0 Å². The lowest BCUT2D eigenvalue weighted by Crippen LogP contribution is -2.09. The normalized spacial score (nSPS) is 11.4. The van der Waals surface area contributed by atoms with Crippen LogP contribution in [0.15, 0.2) is 12.1 Å². The SMILES string of the molecule is O=[N+]([O-])c1cc(Cl)c(NCCCCC(F)(F)F)c(Cl)c1. The summed E-state index contributed by atoms with van der Waals surface area (Å²) in [5.41, 5.74) is 0.0357. The summed E-state index contributed by atoms with van der Waals surface area (Å²) in [6.07, 6.45) is -4.75. The van der Waals surface area contributed by atoms with Gasteiger partial charge in [0.25, 0.3) is 5.69 Å². The molecule has 1 aromatic carbocycles. The van der Waals surface area contributed by atoms with E-state index in [0.29, 0.717) is 0 Å². The summed E-state index contributed by atoms with van der Waals surface area (Å²) in [7, 11) is 0. The molecule has 0 bridgehead atoms. The minimum Gasteiger partial charge on any atom is -0.383 e. The number of nitrogens with one attached hydrogen (secondary N) is 1. The molecular formula is C11H11Cl2F3N2O2. The van der Waals surface area contributed by atoms with Crippen molar-refractivity contribution in [2.24, 2.45) is 0 Å². The van der Waals surface area contributed by atoms with Crippen LogP contribution in [0.5, 0.6) is 0 Å². The van der Waals surface area contributed by atoms with Crippen LogP contribution in [-0.4, -0.2) is 17.6 Å². The molecule has 0 heterocycles. The molecule has 1 rings (SSSR count). The van der Waals surface area contributed by atoms with Gasteiger partial charge in [0, 0.05) is 25.1 Å². The lowest BCUT2D eigenvalue weighted by Gasteiger charge is -2.11. The maximum Gasteiger partial charge on any atom is 0.389 e. The van der Waals surface area contributed by atoms with Crippen LogP contribution in [0.4, 0.5) is 24.5 Å². The number of nitro benzene ring substituents is 1. The highest BCUT2D eigenvalue weighted by Crippen LogP contribution is 2.34. The van der Waals surface area contributed by atoms with Crippen LogP contribution in [0.2, 0.25) is 10.0 Å². The molecule has 112 valence electrons. The van der Waals surface area contributed by atoms with E-state index in [1.54, 1.807) is 0 Å². The van der Waals surface area contributed by atoms with Gasteiger partial charge in [0.15, 0.2) is 0 Å². The number of hydrogen-bond acceptors (Lipinski definition) is 3. The molecule has 0 aliphatic carbocycles. The average molecular weight is 331 g/mol. The molecule has 4 nitrogen and oxygen atoms in total. The van der Waals surface area contributed by atoms with Crippen LogP contribution in [0.1, 0.15) is 19.3 Å². The van der Waals surface area contributed by atoms with Gasteiger partial charge in [-0.1, -0.05) is 23.2 Å². The Kier molecular flexibility index (Phi) is 5.88. The average Bonchev–Trinajstić information content (AvgIpc) is 2.29. The molecule has 20 heavy (non-hydrogen) atoms. The number of unbranched alkanes of at least 4 members (excludes halogenated alkanes) is 1. The van der Waals surface area contributed by atoms with Crippen LogP contribution >= 0.6 is 23.2 Å². The third kappa shape index (κ3) is 5.42. The van der Waals surface area contributed by atoms with E-state index in [1.165, 1.54) is 0 Å². The third-order valence-electron chi connectivity index (χ3n) is 2.43. The number of hydrogen-bond donors (Lipinski definition) is 1. The van der Waals surface area contributed by atoms with Gasteiger partial charge < -0.3 is 5.32 Å². The van der Waals surface area contributed by atoms with Crippen LogP contribution < -0.4 is 5.32 Å². The van der Waals surface area contributed by atoms with E-state index in [4.69, 9.17) is 23.2 Å². The van der Waals surface area contributed by atoms with E-state index < -0.39 is 17.5 Å². The van der Waals surface area contributed by atoms with Crippen LogP contribution in [0.25, 0.3) is 0 Å². The predicted octanol–water partition coefficient (Wildman–Crippen LogP) is 5.05. The summed E-state index contributed by atoms with van der Waals surface area (Å²) in [4.78, 5) is 9.94. The third-order valence-corrected chi connectivity index (χ3v) is 3.02. The van der Waals surface area contributed by atoms with Crippen molar-refractivity contribution >= 4 is 34.6 Å². The summed E-state index contributed by atoms with van der Waals surface area (Å²) in [5, 5.41) is 13.5. The van der Waals surface area contributed by atoms with Gasteiger partial charge in [0.1, 0.15) is 0 Å². The Balaban J connectivity index is 2.55. The van der Waals surface area contributed by atoms with Crippen molar-refractivity contribution in [2.75, 3.05) is 11.9 Å². The monoisotopic (exact) mass is 330 g/mol. The number of nitrogens with zero attached hydrogens (tertiary/aromatic N) is 1. The Hall–Kier alpha value is -1.21. The standard InChI is InChI=1S/C11H11Cl2F3N2O2/c12-8-5-7(18(19)20)6-9(13)10(8)17-4-2-1-3-11(14,15)16/h5-6,17H,1-4H2. The zero-order chi connectivity index (χ0) is 15.3. The van der Waals surface area contributed by atoms with Crippen LogP contribution in [0.3, 0.4) is 0 Å². The fraction of sp³-hybridized carbons (Fsp3) is 0.455. The van der Waals surface area contributed by atoms with Crippen molar-refractivity contribution in [3.63, 3.8) is 0 Å². The van der Waals surface area contributed by atoms with E-state index in [1.807, 2.05) is 0 Å². The quantitative estimate of drug-likeness (QED) is 0.451. The van der Waals surface area contributed by atoms with Gasteiger partial charge in [0.2, 0.25) is 0 Å². The van der Waals surface area contributed by atoms with Crippen molar-refractivity contribution in [1.82, 2.24) is 0 Å². The minimum absolute atomic E-state index is 0.0152. The molecule has 0 saturated carbocycles. The van der Waals surface area contributed by atoms with Crippen molar-refractivity contribution in [3.05, 3.63) is 32.3 Å². The maximum atomic E-state index is 11.9. The molecule has 0 aliphatic heterocycles. The zero-order valence-electron chi connectivity index (χ0n) is 10.1. The molecule has 0 fully saturated rings. The molecule has 0 radical (unpaired) electrons. The topological polar surface area (TPSA) is 55.2 Å². The Morgan fingerprint density at radius 2 is 1.75 bits per heavy atom. The number of alkyl halides is 3. The maximum absolute atomic E-state index is 11.9. The molecule has 0 aliphatic rings. The fourth-order valence-corrected chi connectivity index (χ4v) is 2.11. The van der Waals surface area contributed by atoms with Gasteiger partial charge in [0.05, 0.1) is 20.7 Å². The first-order valence-corrected chi connectivity index (χ1v) is 6.40. The smallest absolute Gasteiger partial charge is 0.383 e. The first-order chi connectivity index (χ1) is 9.20. The van der Waals surface area contributed by atoms with E-state index >= 15 is 0 Å². The summed E-state index contributed by atoms with van der Waals surface area (Å²) in [6.45, 7) is 0.243. The highest BCUT2D eigenvalue weighted by Gasteiger charge is 2.25. The molecule has 1 aromatic rings. The highest BCUT2D eigenvalue weighted by atomic mass is 35.5. The number of non-ortho nitro benzene ring substituents is 1. The lowest BCUT2D eigenvalue weighted by atomic mass is 10.2. The van der Waals surface area contributed by atoms with Crippen molar-refractivity contribution in [3.8, 4) is 0 Å². The summed E-state index contributed by atoms with van der Waals surface area (Å²) < 4.78 is 35.8. The Morgan fingerprint density at radius 3 is 2.20 bits per heavy atom. The second kappa shape index (κ2) is 6.99. The van der Waals surface area contributed by atoms with Gasteiger partial charge >= 0.3 is 6.18 Å². The van der Waals surface area contributed by atoms with Crippen LogP contribution in [0, 0.1) is 10.1 Å². The largest absolute Gasteiger partial charge is 0.389 e. The second-order valence-electron chi connectivity index (χ2n) is 4.04. The van der Waals surface area contributed by atoms with Crippen molar-refractivity contribution < 1.29 is 18.1 Å². The van der Waals surface area contributed by atoms with E-state index in [2.05, 4.69) is 5.32 Å². The molecule has 0 saturated heterocycles. The fourth-order valence-electron chi connectivity index (χ4n) is 1.50. The van der Waals surface area contributed by atoms with Gasteiger partial charge in [-0.2, -0.15) is 13.2 Å². The zero-order valence-corrected chi connectivity index (χ0v) is 11.6. The van der Waals surface area contributed by atoms with E-state index in [0.717, 1.165) is 12.1 Å². The molecule has 9 heteroatoms. The molecule has 0 amide bonds. The number of rotatable bonds is 6. The summed E-state index contributed by atoms with van der Waals surface area (Å²) >= 11 is 11.7. The van der Waals surface area contributed by atoms with Crippen molar-refractivity contribution in [1.29, 1.82) is 0 Å². The Bertz CT molecular complexity index is 472. The summed E-state index contributed by atoms with van der Waals surface area (Å²) in [5.74, 6) is 0. The molecule has 0 aromatic heterocycles. The Morgan fingerprint density at radius 1 is 1.20 bits per heavy atom. The second-order valence-corrected chi connectivity index (χ2v) is 4.85. The molecule has 0 unspecified atom stereocenters. The Labute approximate surface area is 123 Å².